The van der Waals surface area contributed by atoms with E-state index >= 15 is 0 Å². The molecule has 0 aliphatic heterocycles. The average Bonchev–Trinajstić information content (AvgIpc) is 2.66. The van der Waals surface area contributed by atoms with Gasteiger partial charge in [0.1, 0.15) is 0 Å². The summed E-state index contributed by atoms with van der Waals surface area (Å²) < 4.78 is 0. The summed E-state index contributed by atoms with van der Waals surface area (Å²) in [5, 5.41) is 0.351. The van der Waals surface area contributed by atoms with Crippen LogP contribution in [0.3, 0.4) is 0 Å². The lowest BCUT2D eigenvalue weighted by atomic mass is 10.0. The third-order valence-corrected chi connectivity index (χ3v) is 2.78. The van der Waals surface area contributed by atoms with E-state index in [0.29, 0.717) is 5.33 Å². The van der Waals surface area contributed by atoms with Crippen LogP contribution in [-0.4, -0.2) is 21.1 Å². The van der Waals surface area contributed by atoms with Gasteiger partial charge in [-0.1, -0.05) is 15.9 Å². The number of aryl methyl sites for hydroxylation is 1. The number of Topliss-reactive ketones (excluding diaryl/α,β-unsaturated/α-hetero) is 1. The Morgan fingerprint density at radius 1 is 1.57 bits per heavy atom. The van der Waals surface area contributed by atoms with Gasteiger partial charge in [0.25, 0.3) is 0 Å². The Bertz CT molecular complexity index is 490. The minimum atomic E-state index is 0.0902. The van der Waals surface area contributed by atoms with E-state index < -0.39 is 0 Å². The fourth-order valence-electron chi connectivity index (χ4n) is 1.52. The largest absolute Gasteiger partial charge is 0.345 e. The molecule has 1 N–H and O–H groups in total. The van der Waals surface area contributed by atoms with E-state index in [1.165, 1.54) is 0 Å². The van der Waals surface area contributed by atoms with Crippen molar-refractivity contribution in [3.63, 3.8) is 0 Å². The van der Waals surface area contributed by atoms with Crippen molar-refractivity contribution >= 4 is 32.7 Å². The molecular weight excluding hydrogens is 244 g/mol. The van der Waals surface area contributed by atoms with Crippen molar-refractivity contribution in [3.05, 3.63) is 29.6 Å². The second kappa shape index (κ2) is 3.53. The number of aromatic nitrogens is 2. The van der Waals surface area contributed by atoms with Gasteiger partial charge < -0.3 is 4.98 Å². The number of nitrogens with one attached hydrogen (secondary N) is 1. The molecule has 0 atom stereocenters. The summed E-state index contributed by atoms with van der Waals surface area (Å²) in [6.07, 6.45) is 1.64. The van der Waals surface area contributed by atoms with E-state index in [9.17, 15) is 4.79 Å². The van der Waals surface area contributed by atoms with Gasteiger partial charge in [-0.3, -0.25) is 4.79 Å². The van der Waals surface area contributed by atoms with Crippen LogP contribution >= 0.6 is 15.9 Å². The number of imidazole rings is 1. The molecule has 0 saturated heterocycles. The number of rotatable bonds is 2. The normalized spacial score (nSPS) is 10.7. The lowest BCUT2D eigenvalue weighted by Gasteiger charge is -2.02. The molecule has 0 radical (unpaired) electrons. The molecule has 0 fully saturated rings. The van der Waals surface area contributed by atoms with Crippen molar-refractivity contribution in [3.8, 4) is 0 Å². The van der Waals surface area contributed by atoms with E-state index in [1.54, 1.807) is 6.33 Å². The number of carbonyl (C=O) groups excluding carboxylic acids is 1. The van der Waals surface area contributed by atoms with Crippen molar-refractivity contribution in [1.82, 2.24) is 9.97 Å². The van der Waals surface area contributed by atoms with Gasteiger partial charge >= 0.3 is 0 Å². The zero-order chi connectivity index (χ0) is 10.1. The molecule has 0 unspecified atom stereocenters. The van der Waals surface area contributed by atoms with Gasteiger partial charge in [-0.15, -0.1) is 0 Å². The zero-order valence-corrected chi connectivity index (χ0v) is 9.26. The van der Waals surface area contributed by atoms with Gasteiger partial charge in [0.05, 0.1) is 22.7 Å². The van der Waals surface area contributed by atoms with Gasteiger partial charge in [0, 0.05) is 5.56 Å². The standard InChI is InChI=1S/C10H9BrN2O/c1-6-7(9(14)4-11)2-3-8-10(6)13-5-12-8/h2-3,5H,4H2,1H3,(H,12,13). The van der Waals surface area contributed by atoms with Crippen molar-refractivity contribution < 1.29 is 4.79 Å². The first-order valence-electron chi connectivity index (χ1n) is 4.26. The monoisotopic (exact) mass is 252 g/mol. The summed E-state index contributed by atoms with van der Waals surface area (Å²) in [6.45, 7) is 1.92. The Hall–Kier alpha value is -1.16. The van der Waals surface area contributed by atoms with Crippen LogP contribution in [0.15, 0.2) is 18.5 Å². The first-order chi connectivity index (χ1) is 6.74. The Balaban J connectivity index is 2.67. The minimum Gasteiger partial charge on any atom is -0.345 e. The molecule has 72 valence electrons. The van der Waals surface area contributed by atoms with Gasteiger partial charge in [-0.25, -0.2) is 4.98 Å². The first kappa shape index (κ1) is 9.40. The molecular formula is C10H9BrN2O. The number of H-pyrrole nitrogens is 1. The molecule has 0 saturated carbocycles. The number of fused-ring (bicyclic) bond motifs is 1. The van der Waals surface area contributed by atoms with Gasteiger partial charge in [-0.05, 0) is 24.6 Å². The number of halogens is 1. The predicted octanol–water partition coefficient (Wildman–Crippen LogP) is 2.45. The smallest absolute Gasteiger partial charge is 0.173 e. The Morgan fingerprint density at radius 3 is 3.07 bits per heavy atom. The first-order valence-corrected chi connectivity index (χ1v) is 5.38. The molecule has 1 aromatic carbocycles. The molecule has 0 aliphatic rings. The molecule has 0 spiro atoms. The van der Waals surface area contributed by atoms with Crippen molar-refractivity contribution in [1.29, 1.82) is 0 Å². The summed E-state index contributed by atoms with van der Waals surface area (Å²) >= 11 is 3.16. The third kappa shape index (κ3) is 1.35. The maximum atomic E-state index is 11.5. The fraction of sp³-hybridized carbons (Fsp3) is 0.200. The Labute approximate surface area is 89.7 Å². The molecule has 0 bridgehead atoms. The van der Waals surface area contributed by atoms with Gasteiger partial charge in [-0.2, -0.15) is 0 Å². The molecule has 0 amide bonds. The Morgan fingerprint density at radius 2 is 2.36 bits per heavy atom. The van der Waals surface area contributed by atoms with Crippen LogP contribution in [0.4, 0.5) is 0 Å². The number of carbonyl (C=O) groups is 1. The van der Waals surface area contributed by atoms with Crippen LogP contribution in [0.5, 0.6) is 0 Å². The summed E-state index contributed by atoms with van der Waals surface area (Å²) in [5.41, 5.74) is 3.51. The summed E-state index contributed by atoms with van der Waals surface area (Å²) in [7, 11) is 0. The molecule has 3 nitrogen and oxygen atoms in total. The SMILES string of the molecule is Cc1c(C(=O)CBr)ccc2[nH]cnc12. The lowest BCUT2D eigenvalue weighted by Crippen LogP contribution is -2.02. The molecule has 2 rings (SSSR count). The maximum absolute atomic E-state index is 11.5. The van der Waals surface area contributed by atoms with Crippen LogP contribution in [0.25, 0.3) is 11.0 Å². The van der Waals surface area contributed by atoms with Crippen molar-refractivity contribution in [2.24, 2.45) is 0 Å². The molecule has 1 aromatic heterocycles. The van der Waals surface area contributed by atoms with Crippen molar-refractivity contribution in [2.75, 3.05) is 5.33 Å². The maximum Gasteiger partial charge on any atom is 0.173 e. The zero-order valence-electron chi connectivity index (χ0n) is 7.67. The Kier molecular flexibility index (Phi) is 2.37. The van der Waals surface area contributed by atoms with Crippen LogP contribution in [0.2, 0.25) is 0 Å². The van der Waals surface area contributed by atoms with Crippen LogP contribution in [0, 0.1) is 6.92 Å². The van der Waals surface area contributed by atoms with E-state index in [4.69, 9.17) is 0 Å². The van der Waals surface area contributed by atoms with E-state index in [0.717, 1.165) is 22.2 Å². The van der Waals surface area contributed by atoms with Crippen LogP contribution in [-0.2, 0) is 0 Å². The molecule has 2 aromatic rings. The van der Waals surface area contributed by atoms with E-state index in [1.807, 2.05) is 19.1 Å². The number of nitrogens with zero attached hydrogens (tertiary/aromatic N) is 1. The van der Waals surface area contributed by atoms with Gasteiger partial charge in [0.15, 0.2) is 5.78 Å². The number of ketones is 1. The summed E-state index contributed by atoms with van der Waals surface area (Å²) in [5.74, 6) is 0.0902. The molecule has 0 aliphatic carbocycles. The number of benzene rings is 1. The summed E-state index contributed by atoms with van der Waals surface area (Å²) in [4.78, 5) is 18.7. The highest BCUT2D eigenvalue weighted by Gasteiger charge is 2.10. The second-order valence-electron chi connectivity index (χ2n) is 3.09. The highest BCUT2D eigenvalue weighted by molar-refractivity contribution is 9.09. The quantitative estimate of drug-likeness (QED) is 0.660. The molecule has 4 heteroatoms. The number of alkyl halides is 1. The highest BCUT2D eigenvalue weighted by atomic mass is 79.9. The third-order valence-electron chi connectivity index (χ3n) is 2.27. The van der Waals surface area contributed by atoms with Crippen LogP contribution < -0.4 is 0 Å². The molecule has 1 heterocycles. The van der Waals surface area contributed by atoms with Crippen LogP contribution in [0.1, 0.15) is 15.9 Å². The predicted molar refractivity (Wildman–Crippen MR) is 59.0 cm³/mol. The lowest BCUT2D eigenvalue weighted by molar-refractivity contribution is 0.102. The van der Waals surface area contributed by atoms with E-state index in [-0.39, 0.29) is 5.78 Å². The minimum absolute atomic E-state index is 0.0902. The number of hydrogen-bond donors (Lipinski definition) is 1. The number of hydrogen-bond acceptors (Lipinski definition) is 2. The topological polar surface area (TPSA) is 45.8 Å². The number of aromatic amines is 1. The van der Waals surface area contributed by atoms with Gasteiger partial charge in [0.2, 0.25) is 0 Å². The second-order valence-corrected chi connectivity index (χ2v) is 3.65. The van der Waals surface area contributed by atoms with Crippen molar-refractivity contribution in [2.45, 2.75) is 6.92 Å². The molecule has 14 heavy (non-hydrogen) atoms. The fourth-order valence-corrected chi connectivity index (χ4v) is 1.83. The summed E-state index contributed by atoms with van der Waals surface area (Å²) in [6, 6.07) is 3.71. The highest BCUT2D eigenvalue weighted by Crippen LogP contribution is 2.19. The average molecular weight is 253 g/mol. The van der Waals surface area contributed by atoms with E-state index in [2.05, 4.69) is 25.9 Å².